The van der Waals surface area contributed by atoms with E-state index in [2.05, 4.69) is 5.32 Å². The first-order valence-electron chi connectivity index (χ1n) is 4.89. The van der Waals surface area contributed by atoms with E-state index in [1.807, 2.05) is 19.1 Å². The van der Waals surface area contributed by atoms with Crippen molar-refractivity contribution in [1.82, 2.24) is 5.32 Å². The molecule has 1 aromatic rings. The van der Waals surface area contributed by atoms with Crippen molar-refractivity contribution in [2.24, 2.45) is 0 Å². The van der Waals surface area contributed by atoms with Crippen LogP contribution < -0.4 is 5.32 Å². The van der Waals surface area contributed by atoms with Gasteiger partial charge in [-0.05, 0) is 19.1 Å². The number of carbonyl (C=O) groups is 1. The SMILES string of the molecule is CCOC(=O)[C@H]1CS[C@H](c2ccco2)N1. The lowest BCUT2D eigenvalue weighted by atomic mass is 10.3. The zero-order valence-corrected chi connectivity index (χ0v) is 9.25. The van der Waals surface area contributed by atoms with E-state index >= 15 is 0 Å². The number of ether oxygens (including phenoxy) is 1. The summed E-state index contributed by atoms with van der Waals surface area (Å²) in [6.07, 6.45) is 1.63. The van der Waals surface area contributed by atoms with Gasteiger partial charge in [-0.2, -0.15) is 0 Å². The molecule has 4 nitrogen and oxygen atoms in total. The summed E-state index contributed by atoms with van der Waals surface area (Å²) < 4.78 is 10.2. The number of rotatable bonds is 3. The van der Waals surface area contributed by atoms with Gasteiger partial charge in [0.2, 0.25) is 0 Å². The molecule has 1 N–H and O–H groups in total. The fourth-order valence-electron chi connectivity index (χ4n) is 1.46. The van der Waals surface area contributed by atoms with Crippen LogP contribution in [0.5, 0.6) is 0 Å². The van der Waals surface area contributed by atoms with Crippen molar-refractivity contribution >= 4 is 17.7 Å². The van der Waals surface area contributed by atoms with E-state index < -0.39 is 0 Å². The molecule has 0 aliphatic carbocycles. The molecular formula is C10H13NO3S. The average Bonchev–Trinajstić information content (AvgIpc) is 2.89. The Kier molecular flexibility index (Phi) is 3.33. The van der Waals surface area contributed by atoms with Gasteiger partial charge in [-0.3, -0.25) is 10.1 Å². The van der Waals surface area contributed by atoms with E-state index in [0.29, 0.717) is 6.61 Å². The van der Waals surface area contributed by atoms with Crippen molar-refractivity contribution in [3.8, 4) is 0 Å². The summed E-state index contributed by atoms with van der Waals surface area (Å²) in [5.74, 6) is 1.40. The van der Waals surface area contributed by atoms with E-state index in [9.17, 15) is 4.79 Å². The number of thioether (sulfide) groups is 1. The fraction of sp³-hybridized carbons (Fsp3) is 0.500. The van der Waals surface area contributed by atoms with Gasteiger partial charge in [0.25, 0.3) is 0 Å². The Bertz CT molecular complexity index is 325. The van der Waals surface area contributed by atoms with Crippen LogP contribution in [-0.2, 0) is 9.53 Å². The second-order valence-corrected chi connectivity index (χ2v) is 4.34. The summed E-state index contributed by atoms with van der Waals surface area (Å²) in [6, 6.07) is 3.53. The van der Waals surface area contributed by atoms with Gasteiger partial charge in [0.15, 0.2) is 0 Å². The van der Waals surface area contributed by atoms with Crippen LogP contribution >= 0.6 is 11.8 Å². The van der Waals surface area contributed by atoms with Crippen LogP contribution in [0.15, 0.2) is 22.8 Å². The molecule has 0 radical (unpaired) electrons. The maximum Gasteiger partial charge on any atom is 0.324 e. The summed E-state index contributed by atoms with van der Waals surface area (Å²) in [4.78, 5) is 11.4. The van der Waals surface area contributed by atoms with Crippen molar-refractivity contribution in [3.63, 3.8) is 0 Å². The zero-order valence-electron chi connectivity index (χ0n) is 8.43. The fourth-order valence-corrected chi connectivity index (χ4v) is 2.63. The van der Waals surface area contributed by atoms with Crippen molar-refractivity contribution in [2.75, 3.05) is 12.4 Å². The minimum atomic E-state index is -0.218. The highest BCUT2D eigenvalue weighted by Crippen LogP contribution is 2.33. The van der Waals surface area contributed by atoms with E-state index in [1.54, 1.807) is 18.0 Å². The molecule has 0 spiro atoms. The molecule has 1 aliphatic rings. The van der Waals surface area contributed by atoms with Gasteiger partial charge in [-0.15, -0.1) is 11.8 Å². The molecule has 2 atom stereocenters. The van der Waals surface area contributed by atoms with Crippen LogP contribution in [0.1, 0.15) is 18.1 Å². The standard InChI is InChI=1S/C10H13NO3S/c1-2-13-10(12)7-6-15-9(11-7)8-4-3-5-14-8/h3-5,7,9,11H,2,6H2,1H3/t7-,9-/m1/s1. The van der Waals surface area contributed by atoms with E-state index in [4.69, 9.17) is 9.15 Å². The van der Waals surface area contributed by atoms with Gasteiger partial charge in [-0.1, -0.05) is 0 Å². The third kappa shape index (κ3) is 2.35. The third-order valence-electron chi connectivity index (χ3n) is 2.15. The number of carbonyl (C=O) groups excluding carboxylic acids is 1. The first-order chi connectivity index (χ1) is 7.31. The second kappa shape index (κ2) is 4.72. The van der Waals surface area contributed by atoms with E-state index in [1.165, 1.54) is 0 Å². The first-order valence-corrected chi connectivity index (χ1v) is 5.94. The van der Waals surface area contributed by atoms with Crippen molar-refractivity contribution in [2.45, 2.75) is 18.3 Å². The Morgan fingerprint density at radius 2 is 2.67 bits per heavy atom. The Labute approximate surface area is 92.4 Å². The first kappa shape index (κ1) is 10.6. The predicted molar refractivity (Wildman–Crippen MR) is 57.5 cm³/mol. The molecule has 0 amide bonds. The molecule has 0 bridgehead atoms. The smallest absolute Gasteiger partial charge is 0.324 e. The second-order valence-electron chi connectivity index (χ2n) is 3.20. The van der Waals surface area contributed by atoms with Crippen LogP contribution in [-0.4, -0.2) is 24.4 Å². The van der Waals surface area contributed by atoms with Gasteiger partial charge in [0, 0.05) is 5.75 Å². The van der Waals surface area contributed by atoms with Crippen LogP contribution in [0, 0.1) is 0 Å². The summed E-state index contributed by atoms with van der Waals surface area (Å²) in [5.41, 5.74) is 0. The molecule has 2 heterocycles. The van der Waals surface area contributed by atoms with Gasteiger partial charge in [0.1, 0.15) is 17.2 Å². The van der Waals surface area contributed by atoms with E-state index in [0.717, 1.165) is 11.5 Å². The summed E-state index contributed by atoms with van der Waals surface area (Å²) in [6.45, 7) is 2.23. The molecule has 82 valence electrons. The van der Waals surface area contributed by atoms with Gasteiger partial charge in [0.05, 0.1) is 12.9 Å². The number of furan rings is 1. The lowest BCUT2D eigenvalue weighted by Gasteiger charge is -2.10. The molecular weight excluding hydrogens is 214 g/mol. The van der Waals surface area contributed by atoms with Crippen molar-refractivity contribution in [3.05, 3.63) is 24.2 Å². The monoisotopic (exact) mass is 227 g/mol. The number of esters is 1. The average molecular weight is 227 g/mol. The minimum absolute atomic E-state index is 0.0643. The normalized spacial score (nSPS) is 25.4. The highest BCUT2D eigenvalue weighted by molar-refractivity contribution is 7.99. The summed E-state index contributed by atoms with van der Waals surface area (Å²) in [7, 11) is 0. The highest BCUT2D eigenvalue weighted by atomic mass is 32.2. The van der Waals surface area contributed by atoms with Crippen LogP contribution in [0.3, 0.4) is 0 Å². The lowest BCUT2D eigenvalue weighted by molar-refractivity contribution is -0.144. The molecule has 1 fully saturated rings. The Hall–Kier alpha value is -0.940. The summed E-state index contributed by atoms with van der Waals surface area (Å²) in [5, 5.41) is 3.24. The third-order valence-corrected chi connectivity index (χ3v) is 3.38. The van der Waals surface area contributed by atoms with Crippen LogP contribution in [0.25, 0.3) is 0 Å². The Morgan fingerprint density at radius 1 is 1.80 bits per heavy atom. The molecule has 0 unspecified atom stereocenters. The zero-order chi connectivity index (χ0) is 10.7. The Morgan fingerprint density at radius 3 is 3.33 bits per heavy atom. The quantitative estimate of drug-likeness (QED) is 0.794. The molecule has 1 aliphatic heterocycles. The number of nitrogens with one attached hydrogen (secondary N) is 1. The lowest BCUT2D eigenvalue weighted by Crippen LogP contribution is -2.35. The van der Waals surface area contributed by atoms with Crippen LogP contribution in [0.4, 0.5) is 0 Å². The van der Waals surface area contributed by atoms with Gasteiger partial charge in [-0.25, -0.2) is 0 Å². The van der Waals surface area contributed by atoms with E-state index in [-0.39, 0.29) is 17.4 Å². The van der Waals surface area contributed by atoms with Crippen LogP contribution in [0.2, 0.25) is 0 Å². The van der Waals surface area contributed by atoms with Crippen molar-refractivity contribution < 1.29 is 13.9 Å². The van der Waals surface area contributed by atoms with Crippen molar-refractivity contribution in [1.29, 1.82) is 0 Å². The topological polar surface area (TPSA) is 51.5 Å². The summed E-state index contributed by atoms with van der Waals surface area (Å²) >= 11 is 1.66. The molecule has 1 aromatic heterocycles. The largest absolute Gasteiger partial charge is 0.467 e. The molecule has 15 heavy (non-hydrogen) atoms. The van der Waals surface area contributed by atoms with Gasteiger partial charge < -0.3 is 9.15 Å². The maximum absolute atomic E-state index is 11.4. The number of hydrogen-bond donors (Lipinski definition) is 1. The molecule has 5 heteroatoms. The predicted octanol–water partition coefficient (Wildman–Crippen LogP) is 1.55. The maximum atomic E-state index is 11.4. The molecule has 2 rings (SSSR count). The number of hydrogen-bond acceptors (Lipinski definition) is 5. The molecule has 0 saturated carbocycles. The Balaban J connectivity index is 1.92. The highest BCUT2D eigenvalue weighted by Gasteiger charge is 2.32. The molecule has 1 saturated heterocycles. The molecule has 0 aromatic carbocycles. The minimum Gasteiger partial charge on any atom is -0.467 e. The van der Waals surface area contributed by atoms with Gasteiger partial charge >= 0.3 is 5.97 Å².